The van der Waals surface area contributed by atoms with Gasteiger partial charge in [0.25, 0.3) is 0 Å². The first-order chi connectivity index (χ1) is 10.3. The Morgan fingerprint density at radius 2 is 1.68 bits per heavy atom. The topological polar surface area (TPSA) is 43.4 Å². The standard InChI is InChI=1S/C19H20O3/c1-13-11-14(12-20)5-10-17(13)15-6-8-16(9-7-15)18(21)22-19(2,3)4/h5-12H,1-4H3. The number of hydrogen-bond acceptors (Lipinski definition) is 3. The minimum atomic E-state index is -0.503. The Balaban J connectivity index is 2.25. The SMILES string of the molecule is Cc1cc(C=O)ccc1-c1ccc(C(=O)OC(C)(C)C)cc1. The van der Waals surface area contributed by atoms with Crippen molar-refractivity contribution in [1.82, 2.24) is 0 Å². The minimum Gasteiger partial charge on any atom is -0.456 e. The molecule has 3 heteroatoms. The van der Waals surface area contributed by atoms with Crippen LogP contribution in [0.5, 0.6) is 0 Å². The predicted octanol–water partition coefficient (Wildman–Crippen LogP) is 4.43. The highest BCUT2D eigenvalue weighted by molar-refractivity contribution is 5.90. The average molecular weight is 296 g/mol. The van der Waals surface area contributed by atoms with Crippen LogP contribution in [0.2, 0.25) is 0 Å². The van der Waals surface area contributed by atoms with Crippen LogP contribution in [0.25, 0.3) is 11.1 Å². The van der Waals surface area contributed by atoms with Crippen LogP contribution in [0.15, 0.2) is 42.5 Å². The molecule has 114 valence electrons. The van der Waals surface area contributed by atoms with E-state index in [0.717, 1.165) is 23.0 Å². The van der Waals surface area contributed by atoms with Crippen molar-refractivity contribution in [2.24, 2.45) is 0 Å². The van der Waals surface area contributed by atoms with Gasteiger partial charge < -0.3 is 4.74 Å². The summed E-state index contributed by atoms with van der Waals surface area (Å²) in [6.45, 7) is 7.50. The van der Waals surface area contributed by atoms with E-state index in [4.69, 9.17) is 4.74 Å². The molecule has 0 saturated carbocycles. The minimum absolute atomic E-state index is 0.327. The molecule has 0 unspecified atom stereocenters. The number of aryl methyl sites for hydroxylation is 1. The molecular weight excluding hydrogens is 276 g/mol. The van der Waals surface area contributed by atoms with Crippen LogP contribution >= 0.6 is 0 Å². The predicted molar refractivity (Wildman–Crippen MR) is 87.2 cm³/mol. The molecule has 0 atom stereocenters. The van der Waals surface area contributed by atoms with Gasteiger partial charge in [-0.05, 0) is 62.6 Å². The Hall–Kier alpha value is -2.42. The van der Waals surface area contributed by atoms with Crippen molar-refractivity contribution in [3.8, 4) is 11.1 Å². The van der Waals surface area contributed by atoms with E-state index in [2.05, 4.69) is 0 Å². The van der Waals surface area contributed by atoms with Gasteiger partial charge in [0.1, 0.15) is 11.9 Å². The third kappa shape index (κ3) is 3.82. The summed E-state index contributed by atoms with van der Waals surface area (Å²) in [5, 5.41) is 0. The molecular formula is C19H20O3. The largest absolute Gasteiger partial charge is 0.456 e. The second-order valence-electron chi connectivity index (χ2n) is 6.27. The zero-order chi connectivity index (χ0) is 16.3. The smallest absolute Gasteiger partial charge is 0.338 e. The van der Waals surface area contributed by atoms with E-state index >= 15 is 0 Å². The number of carbonyl (C=O) groups is 2. The second-order valence-corrected chi connectivity index (χ2v) is 6.27. The Kier molecular flexibility index (Phi) is 4.45. The Morgan fingerprint density at radius 3 is 2.18 bits per heavy atom. The molecule has 0 radical (unpaired) electrons. The van der Waals surface area contributed by atoms with Crippen LogP contribution in [0.1, 0.15) is 47.1 Å². The highest BCUT2D eigenvalue weighted by atomic mass is 16.6. The number of hydrogen-bond donors (Lipinski definition) is 0. The molecule has 0 amide bonds. The highest BCUT2D eigenvalue weighted by Gasteiger charge is 2.17. The molecule has 0 aromatic heterocycles. The lowest BCUT2D eigenvalue weighted by Crippen LogP contribution is -2.23. The molecule has 2 rings (SSSR count). The van der Waals surface area contributed by atoms with E-state index in [9.17, 15) is 9.59 Å². The van der Waals surface area contributed by atoms with E-state index in [1.807, 2.05) is 52.0 Å². The molecule has 0 saturated heterocycles. The molecule has 0 aliphatic heterocycles. The van der Waals surface area contributed by atoms with Crippen molar-refractivity contribution in [3.63, 3.8) is 0 Å². The maximum Gasteiger partial charge on any atom is 0.338 e. The van der Waals surface area contributed by atoms with Gasteiger partial charge in [-0.15, -0.1) is 0 Å². The van der Waals surface area contributed by atoms with E-state index in [1.165, 1.54) is 0 Å². The van der Waals surface area contributed by atoms with E-state index in [1.54, 1.807) is 18.2 Å². The maximum absolute atomic E-state index is 12.0. The van der Waals surface area contributed by atoms with Gasteiger partial charge >= 0.3 is 5.97 Å². The molecule has 3 nitrogen and oxygen atoms in total. The molecule has 0 aliphatic carbocycles. The first-order valence-electron chi connectivity index (χ1n) is 7.20. The zero-order valence-corrected chi connectivity index (χ0v) is 13.3. The van der Waals surface area contributed by atoms with Crippen molar-refractivity contribution in [2.75, 3.05) is 0 Å². The summed E-state index contributed by atoms with van der Waals surface area (Å²) in [7, 11) is 0. The summed E-state index contributed by atoms with van der Waals surface area (Å²) in [5.74, 6) is -0.327. The first kappa shape index (κ1) is 16.0. The number of carbonyl (C=O) groups excluding carboxylic acids is 2. The highest BCUT2D eigenvalue weighted by Crippen LogP contribution is 2.25. The molecule has 2 aromatic rings. The fourth-order valence-electron chi connectivity index (χ4n) is 2.21. The van der Waals surface area contributed by atoms with Crippen molar-refractivity contribution >= 4 is 12.3 Å². The fraction of sp³-hybridized carbons (Fsp3) is 0.263. The molecule has 0 spiro atoms. The number of esters is 1. The number of aldehydes is 1. The van der Waals surface area contributed by atoms with E-state index < -0.39 is 5.60 Å². The van der Waals surface area contributed by atoms with E-state index in [-0.39, 0.29) is 5.97 Å². The van der Waals surface area contributed by atoms with Gasteiger partial charge in [-0.2, -0.15) is 0 Å². The Labute approximate surface area is 130 Å². The van der Waals surface area contributed by atoms with E-state index in [0.29, 0.717) is 11.1 Å². The van der Waals surface area contributed by atoms with Gasteiger partial charge in [0.2, 0.25) is 0 Å². The third-order valence-electron chi connectivity index (χ3n) is 3.22. The second kappa shape index (κ2) is 6.14. The normalized spacial score (nSPS) is 11.1. The van der Waals surface area contributed by atoms with Gasteiger partial charge in [-0.3, -0.25) is 4.79 Å². The van der Waals surface area contributed by atoms with Crippen LogP contribution in [0.3, 0.4) is 0 Å². The summed E-state index contributed by atoms with van der Waals surface area (Å²) in [4.78, 5) is 22.8. The van der Waals surface area contributed by atoms with Crippen molar-refractivity contribution < 1.29 is 14.3 Å². The molecule has 0 bridgehead atoms. The molecule has 0 N–H and O–H groups in total. The van der Waals surface area contributed by atoms with Gasteiger partial charge in [0.05, 0.1) is 5.56 Å². The Morgan fingerprint density at radius 1 is 1.05 bits per heavy atom. The number of ether oxygens (including phenoxy) is 1. The third-order valence-corrected chi connectivity index (χ3v) is 3.22. The molecule has 0 aliphatic rings. The number of rotatable bonds is 3. The van der Waals surface area contributed by atoms with Crippen LogP contribution < -0.4 is 0 Å². The van der Waals surface area contributed by atoms with Crippen molar-refractivity contribution in [3.05, 3.63) is 59.2 Å². The molecule has 2 aromatic carbocycles. The van der Waals surface area contributed by atoms with Crippen LogP contribution in [-0.4, -0.2) is 17.9 Å². The Bertz CT molecular complexity index is 692. The molecule has 0 heterocycles. The lowest BCUT2D eigenvalue weighted by Gasteiger charge is -2.19. The quantitative estimate of drug-likeness (QED) is 0.621. The maximum atomic E-state index is 12.0. The lowest BCUT2D eigenvalue weighted by atomic mass is 9.98. The van der Waals surface area contributed by atoms with Gasteiger partial charge in [-0.25, -0.2) is 4.79 Å². The summed E-state index contributed by atoms with van der Waals surface area (Å²) in [6, 6.07) is 12.9. The molecule has 22 heavy (non-hydrogen) atoms. The van der Waals surface area contributed by atoms with Crippen LogP contribution in [0.4, 0.5) is 0 Å². The molecule has 0 fully saturated rings. The first-order valence-corrected chi connectivity index (χ1v) is 7.20. The zero-order valence-electron chi connectivity index (χ0n) is 13.3. The van der Waals surface area contributed by atoms with Gasteiger partial charge in [-0.1, -0.05) is 24.3 Å². The average Bonchev–Trinajstić information content (AvgIpc) is 2.45. The van der Waals surface area contributed by atoms with Gasteiger partial charge in [0.15, 0.2) is 0 Å². The van der Waals surface area contributed by atoms with Crippen LogP contribution in [0, 0.1) is 6.92 Å². The summed E-state index contributed by atoms with van der Waals surface area (Å²) in [6.07, 6.45) is 0.836. The summed E-state index contributed by atoms with van der Waals surface area (Å²) < 4.78 is 5.35. The monoisotopic (exact) mass is 296 g/mol. The van der Waals surface area contributed by atoms with Crippen molar-refractivity contribution in [1.29, 1.82) is 0 Å². The van der Waals surface area contributed by atoms with Crippen molar-refractivity contribution in [2.45, 2.75) is 33.3 Å². The summed E-state index contributed by atoms with van der Waals surface area (Å²) >= 11 is 0. The number of benzene rings is 2. The van der Waals surface area contributed by atoms with Crippen LogP contribution in [-0.2, 0) is 4.74 Å². The summed E-state index contributed by atoms with van der Waals surface area (Å²) in [5.41, 5.74) is 3.75. The fourth-order valence-corrected chi connectivity index (χ4v) is 2.21. The lowest BCUT2D eigenvalue weighted by molar-refractivity contribution is 0.00695. The van der Waals surface area contributed by atoms with Gasteiger partial charge in [0, 0.05) is 5.56 Å².